The van der Waals surface area contributed by atoms with Gasteiger partial charge in [-0.25, -0.2) is 4.98 Å². The SMILES string of the molecule is Cc1nc(C[C@@H]2OC[C@H]3CN(C(=O)COc4ccccc4)CC[C@H]32)n[nH]1. The van der Waals surface area contributed by atoms with Crippen LogP contribution in [0.15, 0.2) is 30.3 Å². The Morgan fingerprint density at radius 1 is 1.38 bits per heavy atom. The number of ether oxygens (including phenoxy) is 2. The average molecular weight is 356 g/mol. The second-order valence-electron chi connectivity index (χ2n) is 7.07. The van der Waals surface area contributed by atoms with Crippen molar-refractivity contribution >= 4 is 5.91 Å². The maximum Gasteiger partial charge on any atom is 0.260 e. The third-order valence-corrected chi connectivity index (χ3v) is 5.28. The van der Waals surface area contributed by atoms with Gasteiger partial charge >= 0.3 is 0 Å². The van der Waals surface area contributed by atoms with Crippen molar-refractivity contribution < 1.29 is 14.3 Å². The Labute approximate surface area is 152 Å². The molecule has 1 amide bonds. The number of likely N-dealkylation sites (tertiary alicyclic amines) is 1. The number of para-hydroxylation sites is 1. The van der Waals surface area contributed by atoms with Gasteiger partial charge in [-0.2, -0.15) is 5.10 Å². The highest BCUT2D eigenvalue weighted by Crippen LogP contribution is 2.35. The number of hydrogen-bond acceptors (Lipinski definition) is 5. The molecule has 7 nitrogen and oxygen atoms in total. The molecule has 0 bridgehead atoms. The monoisotopic (exact) mass is 356 g/mol. The Kier molecular flexibility index (Phi) is 4.88. The smallest absolute Gasteiger partial charge is 0.260 e. The number of carbonyl (C=O) groups is 1. The highest BCUT2D eigenvalue weighted by atomic mass is 16.5. The molecular formula is C19H24N4O3. The maximum atomic E-state index is 12.5. The molecule has 2 aliphatic rings. The zero-order chi connectivity index (χ0) is 17.9. The number of aromatic nitrogens is 3. The number of aryl methyl sites for hydroxylation is 1. The zero-order valence-corrected chi connectivity index (χ0v) is 14.9. The quantitative estimate of drug-likeness (QED) is 0.880. The molecule has 2 saturated heterocycles. The second-order valence-corrected chi connectivity index (χ2v) is 7.07. The van der Waals surface area contributed by atoms with Crippen molar-refractivity contribution in [2.24, 2.45) is 11.8 Å². The summed E-state index contributed by atoms with van der Waals surface area (Å²) in [5, 5.41) is 7.10. The molecule has 26 heavy (non-hydrogen) atoms. The molecule has 2 aromatic rings. The van der Waals surface area contributed by atoms with Gasteiger partial charge in [0.1, 0.15) is 11.6 Å². The fourth-order valence-electron chi connectivity index (χ4n) is 3.94. The molecule has 0 aliphatic carbocycles. The molecule has 0 radical (unpaired) electrons. The van der Waals surface area contributed by atoms with Crippen LogP contribution in [0.2, 0.25) is 0 Å². The highest BCUT2D eigenvalue weighted by Gasteiger charge is 2.42. The summed E-state index contributed by atoms with van der Waals surface area (Å²) in [5.74, 6) is 3.25. The van der Waals surface area contributed by atoms with Crippen LogP contribution in [0, 0.1) is 18.8 Å². The van der Waals surface area contributed by atoms with Gasteiger partial charge in [0, 0.05) is 25.4 Å². The normalized spacial score (nSPS) is 25.1. The average Bonchev–Trinajstić information content (AvgIpc) is 3.26. The molecule has 138 valence electrons. The van der Waals surface area contributed by atoms with Crippen molar-refractivity contribution in [3.63, 3.8) is 0 Å². The second kappa shape index (κ2) is 7.45. The topological polar surface area (TPSA) is 80.3 Å². The van der Waals surface area contributed by atoms with E-state index in [1.807, 2.05) is 42.2 Å². The summed E-state index contributed by atoms with van der Waals surface area (Å²) in [6.45, 7) is 4.18. The lowest BCUT2D eigenvalue weighted by atomic mass is 9.83. The van der Waals surface area contributed by atoms with Gasteiger partial charge in [0.15, 0.2) is 12.4 Å². The number of benzene rings is 1. The Hall–Kier alpha value is -2.41. The number of piperidine rings is 1. The van der Waals surface area contributed by atoms with Crippen molar-refractivity contribution in [3.8, 4) is 5.75 Å². The van der Waals surface area contributed by atoms with Gasteiger partial charge in [0.2, 0.25) is 0 Å². The summed E-state index contributed by atoms with van der Waals surface area (Å²) in [4.78, 5) is 18.8. The fraction of sp³-hybridized carbons (Fsp3) is 0.526. The molecule has 2 fully saturated rings. The number of aromatic amines is 1. The van der Waals surface area contributed by atoms with E-state index in [1.165, 1.54) is 0 Å². The van der Waals surface area contributed by atoms with E-state index >= 15 is 0 Å². The molecule has 0 saturated carbocycles. The maximum absolute atomic E-state index is 12.5. The van der Waals surface area contributed by atoms with Crippen molar-refractivity contribution in [2.75, 3.05) is 26.3 Å². The van der Waals surface area contributed by atoms with E-state index in [2.05, 4.69) is 15.2 Å². The van der Waals surface area contributed by atoms with Crippen LogP contribution in [0.25, 0.3) is 0 Å². The van der Waals surface area contributed by atoms with Crippen LogP contribution in [0.1, 0.15) is 18.1 Å². The molecule has 7 heteroatoms. The predicted octanol–water partition coefficient (Wildman–Crippen LogP) is 1.60. The van der Waals surface area contributed by atoms with E-state index in [0.29, 0.717) is 18.4 Å². The molecule has 1 aromatic heterocycles. The standard InChI is InChI=1S/C19H24N4O3/c1-13-20-18(22-21-13)9-17-16-7-8-23(10-14(16)11-26-17)19(24)12-25-15-5-3-2-4-6-15/h2-6,14,16-17H,7-12H2,1H3,(H,20,21,22)/t14-,16-,17+/m1/s1. The van der Waals surface area contributed by atoms with Crippen LogP contribution in [0.3, 0.4) is 0 Å². The number of nitrogens with one attached hydrogen (secondary N) is 1. The molecular weight excluding hydrogens is 332 g/mol. The number of hydrogen-bond donors (Lipinski definition) is 1. The Bertz CT molecular complexity index is 748. The predicted molar refractivity (Wildman–Crippen MR) is 94.7 cm³/mol. The number of amides is 1. The van der Waals surface area contributed by atoms with E-state index in [9.17, 15) is 4.79 Å². The van der Waals surface area contributed by atoms with Gasteiger partial charge in [-0.05, 0) is 31.4 Å². The van der Waals surface area contributed by atoms with Crippen LogP contribution in [-0.4, -0.2) is 58.4 Å². The van der Waals surface area contributed by atoms with Crippen molar-refractivity contribution in [3.05, 3.63) is 42.0 Å². The molecule has 1 aromatic carbocycles. The molecule has 0 unspecified atom stereocenters. The lowest BCUT2D eigenvalue weighted by molar-refractivity contribution is -0.135. The number of H-pyrrole nitrogens is 1. The Morgan fingerprint density at radius 3 is 3.00 bits per heavy atom. The first-order chi connectivity index (χ1) is 12.7. The molecule has 4 rings (SSSR count). The van der Waals surface area contributed by atoms with E-state index in [0.717, 1.165) is 43.3 Å². The van der Waals surface area contributed by atoms with E-state index in [4.69, 9.17) is 9.47 Å². The zero-order valence-electron chi connectivity index (χ0n) is 14.9. The molecule has 2 aliphatic heterocycles. The lowest BCUT2D eigenvalue weighted by Crippen LogP contribution is -2.46. The van der Waals surface area contributed by atoms with Gasteiger partial charge in [-0.1, -0.05) is 18.2 Å². The summed E-state index contributed by atoms with van der Waals surface area (Å²) in [6, 6.07) is 9.45. The minimum absolute atomic E-state index is 0.0420. The first-order valence-electron chi connectivity index (χ1n) is 9.14. The summed E-state index contributed by atoms with van der Waals surface area (Å²) in [6.07, 6.45) is 1.83. The van der Waals surface area contributed by atoms with E-state index < -0.39 is 0 Å². The first-order valence-corrected chi connectivity index (χ1v) is 9.14. The van der Waals surface area contributed by atoms with Crippen molar-refractivity contribution in [2.45, 2.75) is 25.9 Å². The van der Waals surface area contributed by atoms with Crippen molar-refractivity contribution in [1.29, 1.82) is 0 Å². The third-order valence-electron chi connectivity index (χ3n) is 5.28. The summed E-state index contributed by atoms with van der Waals surface area (Å²) in [7, 11) is 0. The van der Waals surface area contributed by atoms with E-state index in [1.54, 1.807) is 0 Å². The minimum Gasteiger partial charge on any atom is -0.484 e. The molecule has 3 atom stereocenters. The minimum atomic E-state index is 0.0420. The molecule has 0 spiro atoms. The van der Waals surface area contributed by atoms with Crippen LogP contribution in [0.5, 0.6) is 5.75 Å². The van der Waals surface area contributed by atoms with E-state index in [-0.39, 0.29) is 18.6 Å². The first kappa shape index (κ1) is 17.0. The lowest BCUT2D eigenvalue weighted by Gasteiger charge is -2.35. The number of rotatable bonds is 5. The molecule has 3 heterocycles. The third kappa shape index (κ3) is 3.72. The van der Waals surface area contributed by atoms with Crippen molar-refractivity contribution in [1.82, 2.24) is 20.1 Å². The Morgan fingerprint density at radius 2 is 2.23 bits per heavy atom. The largest absolute Gasteiger partial charge is 0.484 e. The summed E-state index contributed by atoms with van der Waals surface area (Å²) < 4.78 is 11.6. The summed E-state index contributed by atoms with van der Waals surface area (Å²) in [5.41, 5.74) is 0. The van der Waals surface area contributed by atoms with Crippen LogP contribution in [0.4, 0.5) is 0 Å². The fourth-order valence-corrected chi connectivity index (χ4v) is 3.94. The van der Waals surface area contributed by atoms with Crippen LogP contribution in [-0.2, 0) is 16.0 Å². The molecule has 1 N–H and O–H groups in total. The van der Waals surface area contributed by atoms with Gasteiger partial charge in [0.05, 0.1) is 12.7 Å². The van der Waals surface area contributed by atoms with Gasteiger partial charge in [-0.3, -0.25) is 9.89 Å². The number of fused-ring (bicyclic) bond motifs is 1. The van der Waals surface area contributed by atoms with Gasteiger partial charge in [0.25, 0.3) is 5.91 Å². The Balaban J connectivity index is 1.29. The number of nitrogens with zero attached hydrogens (tertiary/aromatic N) is 3. The van der Waals surface area contributed by atoms with Crippen LogP contribution < -0.4 is 4.74 Å². The highest BCUT2D eigenvalue weighted by molar-refractivity contribution is 5.77. The number of carbonyl (C=O) groups excluding carboxylic acids is 1. The summed E-state index contributed by atoms with van der Waals surface area (Å²) >= 11 is 0. The van der Waals surface area contributed by atoms with Crippen LogP contribution >= 0.6 is 0 Å². The van der Waals surface area contributed by atoms with Gasteiger partial charge in [-0.15, -0.1) is 0 Å². The van der Waals surface area contributed by atoms with Gasteiger partial charge < -0.3 is 14.4 Å².